The van der Waals surface area contributed by atoms with Gasteiger partial charge in [-0.3, -0.25) is 9.59 Å². The molecule has 2 heterocycles. The maximum atomic E-state index is 13.4. The number of benzene rings is 1. The molecule has 0 saturated heterocycles. The number of aliphatic hydroxyl groups is 1. The Morgan fingerprint density at radius 3 is 2.64 bits per heavy atom. The highest BCUT2D eigenvalue weighted by Gasteiger charge is 2.39. The average molecular weight is 506 g/mol. The van der Waals surface area contributed by atoms with Gasteiger partial charge in [0.05, 0.1) is 44.7 Å². The molecule has 0 spiro atoms. The molecule has 0 unspecified atom stereocenters. The zero-order valence-corrected chi connectivity index (χ0v) is 20.8. The van der Waals surface area contributed by atoms with Crippen LogP contribution in [0.5, 0.6) is 0 Å². The number of carbonyl (C=O) groups is 1. The molecule has 1 aromatic heterocycles. The highest BCUT2D eigenvalue weighted by atomic mass is 16.7. The van der Waals surface area contributed by atoms with Crippen LogP contribution in [0.3, 0.4) is 0 Å². The Hall–Kier alpha value is -2.76. The third-order valence-corrected chi connectivity index (χ3v) is 5.80. The number of fused-ring (bicyclic) bond motifs is 1. The summed E-state index contributed by atoms with van der Waals surface area (Å²) < 4.78 is 33.6. The SMILES string of the molecule is CCO[C@H]1OC(C(=O)NCCOC)=C[C@@H](c2coc3ccccc3c2=O)[C@H]1CCOCCOCCO. The van der Waals surface area contributed by atoms with Crippen molar-refractivity contribution in [2.45, 2.75) is 25.6 Å². The van der Waals surface area contributed by atoms with Gasteiger partial charge in [0.25, 0.3) is 5.91 Å². The fraction of sp³-hybridized carbons (Fsp3) is 0.538. The summed E-state index contributed by atoms with van der Waals surface area (Å²) in [6.07, 6.45) is 2.84. The summed E-state index contributed by atoms with van der Waals surface area (Å²) in [6, 6.07) is 7.04. The van der Waals surface area contributed by atoms with Crippen LogP contribution < -0.4 is 10.7 Å². The second-order valence-electron chi connectivity index (χ2n) is 8.16. The van der Waals surface area contributed by atoms with Gasteiger partial charge < -0.3 is 38.5 Å². The van der Waals surface area contributed by atoms with Crippen LogP contribution in [0.4, 0.5) is 0 Å². The Balaban J connectivity index is 1.89. The number of hydrogen-bond acceptors (Lipinski definition) is 9. The predicted molar refractivity (Wildman–Crippen MR) is 132 cm³/mol. The van der Waals surface area contributed by atoms with Crippen LogP contribution in [0, 0.1) is 5.92 Å². The van der Waals surface area contributed by atoms with Crippen molar-refractivity contribution in [3.8, 4) is 0 Å². The molecule has 10 nitrogen and oxygen atoms in total. The number of allylic oxidation sites excluding steroid dienone is 1. The minimum atomic E-state index is -0.770. The van der Waals surface area contributed by atoms with E-state index in [1.54, 1.807) is 37.5 Å². The van der Waals surface area contributed by atoms with E-state index in [1.807, 2.05) is 6.92 Å². The van der Waals surface area contributed by atoms with Gasteiger partial charge in [-0.1, -0.05) is 12.1 Å². The summed E-state index contributed by atoms with van der Waals surface area (Å²) in [4.78, 5) is 26.3. The van der Waals surface area contributed by atoms with Crippen LogP contribution in [0.15, 0.2) is 51.6 Å². The van der Waals surface area contributed by atoms with Gasteiger partial charge in [-0.2, -0.15) is 0 Å². The molecular weight excluding hydrogens is 470 g/mol. The summed E-state index contributed by atoms with van der Waals surface area (Å²) in [5.74, 6) is -1.16. The van der Waals surface area contributed by atoms with Crippen molar-refractivity contribution in [2.24, 2.45) is 5.92 Å². The lowest BCUT2D eigenvalue weighted by Gasteiger charge is -2.36. The molecule has 1 aliphatic heterocycles. The number of amides is 1. The molecule has 0 saturated carbocycles. The first-order valence-corrected chi connectivity index (χ1v) is 12.1. The molecule has 0 aliphatic carbocycles. The molecule has 1 aromatic carbocycles. The second-order valence-corrected chi connectivity index (χ2v) is 8.16. The molecule has 2 N–H and O–H groups in total. The Labute approximate surface area is 210 Å². The van der Waals surface area contributed by atoms with Crippen LogP contribution in [0.2, 0.25) is 0 Å². The smallest absolute Gasteiger partial charge is 0.286 e. The van der Waals surface area contributed by atoms with Crippen LogP contribution in [0.25, 0.3) is 11.0 Å². The maximum absolute atomic E-state index is 13.4. The van der Waals surface area contributed by atoms with E-state index in [2.05, 4.69) is 5.32 Å². The minimum Gasteiger partial charge on any atom is -0.464 e. The molecule has 0 fully saturated rings. The van der Waals surface area contributed by atoms with E-state index >= 15 is 0 Å². The van der Waals surface area contributed by atoms with Crippen molar-refractivity contribution < 1.29 is 38.0 Å². The van der Waals surface area contributed by atoms with E-state index in [9.17, 15) is 9.59 Å². The summed E-state index contributed by atoms with van der Waals surface area (Å²) in [5, 5.41) is 12.0. The summed E-state index contributed by atoms with van der Waals surface area (Å²) in [7, 11) is 1.55. The molecule has 0 radical (unpaired) electrons. The Kier molecular flexibility index (Phi) is 11.4. The maximum Gasteiger partial charge on any atom is 0.286 e. The monoisotopic (exact) mass is 505 g/mol. The first kappa shape index (κ1) is 27.8. The molecule has 2 aromatic rings. The van der Waals surface area contributed by atoms with Crippen molar-refractivity contribution in [1.82, 2.24) is 5.32 Å². The van der Waals surface area contributed by atoms with Gasteiger partial charge in [0.15, 0.2) is 11.2 Å². The van der Waals surface area contributed by atoms with Crippen LogP contribution in [-0.4, -0.2) is 77.2 Å². The van der Waals surface area contributed by atoms with E-state index in [-0.39, 0.29) is 30.3 Å². The zero-order chi connectivity index (χ0) is 25.8. The van der Waals surface area contributed by atoms with Gasteiger partial charge in [0.1, 0.15) is 5.58 Å². The van der Waals surface area contributed by atoms with Crippen molar-refractivity contribution in [1.29, 1.82) is 0 Å². The minimum absolute atomic E-state index is 0.0425. The summed E-state index contributed by atoms with van der Waals surface area (Å²) in [6.45, 7) is 4.16. The van der Waals surface area contributed by atoms with E-state index in [0.717, 1.165) is 0 Å². The van der Waals surface area contributed by atoms with Gasteiger partial charge in [0.2, 0.25) is 6.29 Å². The molecule has 0 bridgehead atoms. The van der Waals surface area contributed by atoms with E-state index in [1.165, 1.54) is 6.26 Å². The quantitative estimate of drug-likeness (QED) is 0.349. The Bertz CT molecular complexity index is 1050. The number of carbonyl (C=O) groups excluding carboxylic acids is 1. The molecule has 1 aliphatic rings. The Morgan fingerprint density at radius 2 is 1.89 bits per heavy atom. The highest BCUT2D eigenvalue weighted by Crippen LogP contribution is 2.38. The first-order valence-electron chi connectivity index (χ1n) is 12.1. The van der Waals surface area contributed by atoms with Crippen molar-refractivity contribution in [3.63, 3.8) is 0 Å². The lowest BCUT2D eigenvalue weighted by atomic mass is 9.81. The lowest BCUT2D eigenvalue weighted by molar-refractivity contribution is -0.168. The number of ether oxygens (including phenoxy) is 5. The van der Waals surface area contributed by atoms with Gasteiger partial charge in [0, 0.05) is 44.3 Å². The summed E-state index contributed by atoms with van der Waals surface area (Å²) in [5.41, 5.74) is 0.738. The Morgan fingerprint density at radius 1 is 1.11 bits per heavy atom. The van der Waals surface area contributed by atoms with Crippen molar-refractivity contribution in [3.05, 3.63) is 58.2 Å². The third kappa shape index (κ3) is 7.37. The summed E-state index contributed by atoms with van der Waals surface area (Å²) >= 11 is 0. The predicted octanol–water partition coefficient (Wildman–Crippen LogP) is 1.95. The highest BCUT2D eigenvalue weighted by molar-refractivity contribution is 5.91. The van der Waals surface area contributed by atoms with Gasteiger partial charge in [-0.25, -0.2) is 0 Å². The number of para-hydroxylation sites is 1. The topological polar surface area (TPSA) is 126 Å². The first-order chi connectivity index (χ1) is 17.6. The molecular formula is C26H35NO9. The third-order valence-electron chi connectivity index (χ3n) is 5.80. The number of hydrogen-bond donors (Lipinski definition) is 2. The number of rotatable bonds is 15. The standard InChI is InChI=1S/C26H35NO9/c1-3-34-26-18(8-11-32-14-15-33-13-10-28)20(16-23(36-26)25(30)27-9-12-31-2)21-17-35-22-7-5-4-6-19(22)24(21)29/h4-7,16-18,20,26,28H,3,8-15H2,1-2H3,(H,27,30)/t18-,20-,26+/m1/s1. The molecule has 3 atom stereocenters. The van der Waals surface area contributed by atoms with E-state index in [0.29, 0.717) is 62.5 Å². The van der Waals surface area contributed by atoms with E-state index < -0.39 is 18.1 Å². The normalized spacial score (nSPS) is 19.6. The van der Waals surface area contributed by atoms with Gasteiger partial charge in [-0.15, -0.1) is 0 Å². The van der Waals surface area contributed by atoms with Crippen LogP contribution in [0.1, 0.15) is 24.8 Å². The molecule has 36 heavy (non-hydrogen) atoms. The zero-order valence-electron chi connectivity index (χ0n) is 20.8. The fourth-order valence-corrected chi connectivity index (χ4v) is 4.08. The average Bonchev–Trinajstić information content (AvgIpc) is 2.89. The largest absolute Gasteiger partial charge is 0.464 e. The van der Waals surface area contributed by atoms with Crippen LogP contribution >= 0.6 is 0 Å². The van der Waals surface area contributed by atoms with Gasteiger partial charge >= 0.3 is 0 Å². The number of aliphatic hydroxyl groups excluding tert-OH is 1. The van der Waals surface area contributed by atoms with Crippen molar-refractivity contribution >= 4 is 16.9 Å². The van der Waals surface area contributed by atoms with Crippen LogP contribution in [-0.2, 0) is 28.5 Å². The molecule has 1 amide bonds. The second kappa shape index (κ2) is 14.7. The number of nitrogens with one attached hydrogen (secondary N) is 1. The van der Waals surface area contributed by atoms with E-state index in [4.69, 9.17) is 33.2 Å². The molecule has 3 rings (SSSR count). The number of methoxy groups -OCH3 is 1. The molecule has 198 valence electrons. The van der Waals surface area contributed by atoms with Crippen molar-refractivity contribution in [2.75, 3.05) is 59.9 Å². The molecule has 10 heteroatoms. The fourth-order valence-electron chi connectivity index (χ4n) is 4.08. The lowest BCUT2D eigenvalue weighted by Crippen LogP contribution is -2.40. The van der Waals surface area contributed by atoms with Gasteiger partial charge in [-0.05, 0) is 31.6 Å².